The van der Waals surface area contributed by atoms with Crippen molar-refractivity contribution in [3.05, 3.63) is 77.9 Å². The van der Waals surface area contributed by atoms with Crippen molar-refractivity contribution in [1.82, 2.24) is 9.97 Å². The third-order valence-electron chi connectivity index (χ3n) is 4.28. The molecule has 8 heteroatoms. The van der Waals surface area contributed by atoms with Crippen molar-refractivity contribution in [2.24, 2.45) is 0 Å². The number of aromatic carboxylic acids is 1. The second-order valence-electron chi connectivity index (χ2n) is 6.24. The van der Waals surface area contributed by atoms with Crippen molar-refractivity contribution >= 4 is 17.0 Å². The highest BCUT2D eigenvalue weighted by Gasteiger charge is 2.34. The lowest BCUT2D eigenvalue weighted by atomic mass is 10.2. The predicted octanol–water partition coefficient (Wildman–Crippen LogP) is 5.74. The molecule has 5 nitrogen and oxygen atoms in total. The molecule has 4 rings (SSSR count). The fourth-order valence-electron chi connectivity index (χ4n) is 2.88. The molecular weight excluding hydrogens is 385 g/mol. The third kappa shape index (κ3) is 3.77. The van der Waals surface area contributed by atoms with Crippen molar-refractivity contribution in [3.63, 3.8) is 0 Å². The Bertz CT molecular complexity index is 1200. The Labute approximate surface area is 162 Å². The highest BCUT2D eigenvalue weighted by atomic mass is 19.4. The average Bonchev–Trinajstić information content (AvgIpc) is 3.11. The second-order valence-corrected chi connectivity index (χ2v) is 6.24. The van der Waals surface area contributed by atoms with Gasteiger partial charge in [-0.15, -0.1) is 0 Å². The number of para-hydroxylation sites is 1. The SMILES string of the molecule is O=C(O)c1ccc2nc(-c3ccc(Oc4ccccc4C(F)(F)F)cc3)[nH]c2c1. The fourth-order valence-corrected chi connectivity index (χ4v) is 2.88. The first kappa shape index (κ1) is 18.5. The van der Waals surface area contributed by atoms with Gasteiger partial charge in [-0.1, -0.05) is 12.1 Å². The maximum atomic E-state index is 13.1. The Balaban J connectivity index is 1.60. The van der Waals surface area contributed by atoms with E-state index >= 15 is 0 Å². The van der Waals surface area contributed by atoms with Gasteiger partial charge in [0.1, 0.15) is 17.3 Å². The zero-order valence-electron chi connectivity index (χ0n) is 14.7. The Kier molecular flexibility index (Phi) is 4.46. The molecule has 4 aromatic rings. The highest BCUT2D eigenvalue weighted by Crippen LogP contribution is 2.38. The van der Waals surface area contributed by atoms with Gasteiger partial charge in [0.25, 0.3) is 0 Å². The molecule has 1 aromatic heterocycles. The molecule has 0 saturated carbocycles. The van der Waals surface area contributed by atoms with E-state index in [0.717, 1.165) is 6.07 Å². The lowest BCUT2D eigenvalue weighted by molar-refractivity contribution is -0.138. The zero-order valence-corrected chi connectivity index (χ0v) is 14.7. The molecule has 0 aliphatic rings. The van der Waals surface area contributed by atoms with Gasteiger partial charge in [0, 0.05) is 5.56 Å². The van der Waals surface area contributed by atoms with Crippen LogP contribution in [0.3, 0.4) is 0 Å². The monoisotopic (exact) mass is 398 g/mol. The first-order chi connectivity index (χ1) is 13.8. The average molecular weight is 398 g/mol. The quantitative estimate of drug-likeness (QED) is 0.460. The number of fused-ring (bicyclic) bond motifs is 1. The number of alkyl halides is 3. The van der Waals surface area contributed by atoms with Gasteiger partial charge in [-0.2, -0.15) is 13.2 Å². The number of aromatic amines is 1. The van der Waals surface area contributed by atoms with Crippen LogP contribution < -0.4 is 4.74 Å². The molecule has 0 fully saturated rings. The van der Waals surface area contributed by atoms with Crippen LogP contribution in [0.25, 0.3) is 22.4 Å². The van der Waals surface area contributed by atoms with Crippen LogP contribution in [0.4, 0.5) is 13.2 Å². The maximum absolute atomic E-state index is 13.1. The molecule has 0 atom stereocenters. The molecule has 0 spiro atoms. The normalized spacial score (nSPS) is 11.6. The van der Waals surface area contributed by atoms with Gasteiger partial charge < -0.3 is 14.8 Å². The summed E-state index contributed by atoms with van der Waals surface area (Å²) in [6, 6.07) is 15.9. The number of carboxylic acids is 1. The summed E-state index contributed by atoms with van der Waals surface area (Å²) in [6.07, 6.45) is -4.51. The van der Waals surface area contributed by atoms with E-state index in [1.54, 1.807) is 30.3 Å². The van der Waals surface area contributed by atoms with Crippen LogP contribution in [0.2, 0.25) is 0 Å². The molecule has 0 bridgehead atoms. The summed E-state index contributed by atoms with van der Waals surface area (Å²) in [5.41, 5.74) is 1.13. The van der Waals surface area contributed by atoms with E-state index in [1.807, 2.05) is 0 Å². The number of benzene rings is 3. The van der Waals surface area contributed by atoms with Gasteiger partial charge in [-0.25, -0.2) is 9.78 Å². The van der Waals surface area contributed by atoms with Gasteiger partial charge in [-0.05, 0) is 54.6 Å². The molecule has 3 aromatic carbocycles. The van der Waals surface area contributed by atoms with E-state index < -0.39 is 17.7 Å². The van der Waals surface area contributed by atoms with Crippen LogP contribution in [-0.2, 0) is 6.18 Å². The second kappa shape index (κ2) is 6.97. The molecule has 1 heterocycles. The van der Waals surface area contributed by atoms with Gasteiger partial charge in [0.05, 0.1) is 22.2 Å². The van der Waals surface area contributed by atoms with Crippen molar-refractivity contribution < 1.29 is 27.8 Å². The summed E-state index contributed by atoms with van der Waals surface area (Å²) in [5.74, 6) is -0.569. The summed E-state index contributed by atoms with van der Waals surface area (Å²) in [4.78, 5) is 18.5. The molecule has 0 aliphatic heterocycles. The van der Waals surface area contributed by atoms with E-state index in [2.05, 4.69) is 9.97 Å². The van der Waals surface area contributed by atoms with Crippen LogP contribution in [0.5, 0.6) is 11.5 Å². The van der Waals surface area contributed by atoms with E-state index in [9.17, 15) is 18.0 Å². The van der Waals surface area contributed by atoms with E-state index in [1.165, 1.54) is 30.3 Å². The lowest BCUT2D eigenvalue weighted by Crippen LogP contribution is -2.06. The predicted molar refractivity (Wildman–Crippen MR) is 100 cm³/mol. The molecule has 29 heavy (non-hydrogen) atoms. The van der Waals surface area contributed by atoms with Gasteiger partial charge in [0.2, 0.25) is 0 Å². The Morgan fingerprint density at radius 1 is 1.00 bits per heavy atom. The number of hydrogen-bond acceptors (Lipinski definition) is 3. The van der Waals surface area contributed by atoms with E-state index in [4.69, 9.17) is 9.84 Å². The Hall–Kier alpha value is -3.81. The number of imidazole rings is 1. The summed E-state index contributed by atoms with van der Waals surface area (Å²) in [6.45, 7) is 0. The van der Waals surface area contributed by atoms with Gasteiger partial charge in [0.15, 0.2) is 0 Å². The molecular formula is C21H13F3N2O3. The minimum atomic E-state index is -4.51. The standard InChI is InChI=1S/C21H13F3N2O3/c22-21(23,24)15-3-1-2-4-18(15)29-14-8-5-12(6-9-14)19-25-16-10-7-13(20(27)28)11-17(16)26-19/h1-11H,(H,25,26)(H,27,28). The van der Waals surface area contributed by atoms with Crippen LogP contribution in [0.15, 0.2) is 66.7 Å². The van der Waals surface area contributed by atoms with Crippen LogP contribution in [0, 0.1) is 0 Å². The molecule has 0 saturated heterocycles. The smallest absolute Gasteiger partial charge is 0.419 e. The number of ether oxygens (including phenoxy) is 1. The number of carboxylic acid groups (broad SMARTS) is 1. The molecule has 0 radical (unpaired) electrons. The number of aromatic nitrogens is 2. The zero-order chi connectivity index (χ0) is 20.6. The fraction of sp³-hybridized carbons (Fsp3) is 0.0476. The first-order valence-corrected chi connectivity index (χ1v) is 8.49. The number of nitrogens with zero attached hydrogens (tertiary/aromatic N) is 1. The Morgan fingerprint density at radius 3 is 2.41 bits per heavy atom. The largest absolute Gasteiger partial charge is 0.478 e. The number of rotatable bonds is 4. The molecule has 146 valence electrons. The topological polar surface area (TPSA) is 75.2 Å². The van der Waals surface area contributed by atoms with Crippen LogP contribution in [-0.4, -0.2) is 21.0 Å². The molecule has 0 aliphatic carbocycles. The van der Waals surface area contributed by atoms with Crippen LogP contribution in [0.1, 0.15) is 15.9 Å². The number of nitrogens with one attached hydrogen (secondary N) is 1. The number of H-pyrrole nitrogens is 1. The van der Waals surface area contributed by atoms with Gasteiger partial charge >= 0.3 is 12.1 Å². The van der Waals surface area contributed by atoms with Crippen molar-refractivity contribution in [2.45, 2.75) is 6.18 Å². The summed E-state index contributed by atoms with van der Waals surface area (Å²) in [7, 11) is 0. The van der Waals surface area contributed by atoms with Crippen molar-refractivity contribution in [2.75, 3.05) is 0 Å². The van der Waals surface area contributed by atoms with Crippen molar-refractivity contribution in [1.29, 1.82) is 0 Å². The lowest BCUT2D eigenvalue weighted by Gasteiger charge is -2.13. The third-order valence-corrected chi connectivity index (χ3v) is 4.28. The van der Waals surface area contributed by atoms with Crippen LogP contribution >= 0.6 is 0 Å². The number of halogens is 3. The summed E-state index contributed by atoms with van der Waals surface area (Å²) >= 11 is 0. The number of hydrogen-bond donors (Lipinski definition) is 2. The molecule has 0 amide bonds. The minimum Gasteiger partial charge on any atom is -0.478 e. The molecule has 2 N–H and O–H groups in total. The molecule has 0 unspecified atom stereocenters. The summed E-state index contributed by atoms with van der Waals surface area (Å²) in [5, 5.41) is 9.07. The van der Waals surface area contributed by atoms with E-state index in [-0.39, 0.29) is 17.1 Å². The van der Waals surface area contributed by atoms with E-state index in [0.29, 0.717) is 22.4 Å². The summed E-state index contributed by atoms with van der Waals surface area (Å²) < 4.78 is 44.7. The highest BCUT2D eigenvalue weighted by molar-refractivity contribution is 5.93. The Morgan fingerprint density at radius 2 is 1.72 bits per heavy atom. The maximum Gasteiger partial charge on any atom is 0.419 e. The number of carbonyl (C=O) groups is 1. The van der Waals surface area contributed by atoms with Crippen molar-refractivity contribution in [3.8, 4) is 22.9 Å². The minimum absolute atomic E-state index is 0.139. The first-order valence-electron chi connectivity index (χ1n) is 8.49. The van der Waals surface area contributed by atoms with Gasteiger partial charge in [-0.3, -0.25) is 0 Å².